The van der Waals surface area contributed by atoms with Crippen LogP contribution in [0, 0.1) is 6.92 Å². The first-order valence-corrected chi connectivity index (χ1v) is 4.24. The Morgan fingerprint density at radius 3 is 2.75 bits per heavy atom. The summed E-state index contributed by atoms with van der Waals surface area (Å²) < 4.78 is 0. The molecule has 0 aliphatic heterocycles. The number of aryl methyl sites for hydroxylation is 1. The van der Waals surface area contributed by atoms with Crippen molar-refractivity contribution in [3.8, 4) is 0 Å². The van der Waals surface area contributed by atoms with Gasteiger partial charge in [0.1, 0.15) is 0 Å². The van der Waals surface area contributed by atoms with Crippen LogP contribution in [-0.4, -0.2) is 6.54 Å². The van der Waals surface area contributed by atoms with Gasteiger partial charge in [-0.2, -0.15) is 0 Å². The zero-order valence-corrected chi connectivity index (χ0v) is 7.72. The van der Waals surface area contributed by atoms with E-state index in [1.54, 1.807) is 0 Å². The van der Waals surface area contributed by atoms with Crippen LogP contribution in [0.15, 0.2) is 24.8 Å². The van der Waals surface area contributed by atoms with Crippen LogP contribution in [0.4, 0.5) is 5.69 Å². The molecule has 64 valence electrons. The largest absolute Gasteiger partial charge is 0.385 e. The normalized spacial score (nSPS) is 9.50. The van der Waals surface area contributed by atoms with Crippen LogP contribution < -0.4 is 5.32 Å². The predicted octanol–water partition coefficient (Wildman–Crippen LogP) is 3.07. The number of rotatable bonds is 3. The molecule has 0 heterocycles. The monoisotopic (exact) mass is 161 g/mol. The molecule has 0 fully saturated rings. The SMILES string of the molecule is C=Cc1cc(C)cc(NCC)c1. The summed E-state index contributed by atoms with van der Waals surface area (Å²) in [4.78, 5) is 0. The average Bonchev–Trinajstić information content (AvgIpc) is 2.04. The zero-order chi connectivity index (χ0) is 8.97. The van der Waals surface area contributed by atoms with E-state index in [1.807, 2.05) is 6.08 Å². The molecule has 1 aromatic rings. The van der Waals surface area contributed by atoms with Gasteiger partial charge in [0.05, 0.1) is 0 Å². The van der Waals surface area contributed by atoms with Crippen molar-refractivity contribution in [2.24, 2.45) is 0 Å². The van der Waals surface area contributed by atoms with E-state index in [9.17, 15) is 0 Å². The summed E-state index contributed by atoms with van der Waals surface area (Å²) in [6.45, 7) is 8.89. The topological polar surface area (TPSA) is 12.0 Å². The van der Waals surface area contributed by atoms with Gasteiger partial charge in [-0.1, -0.05) is 18.7 Å². The Balaban J connectivity index is 2.97. The van der Waals surface area contributed by atoms with Gasteiger partial charge in [0.2, 0.25) is 0 Å². The lowest BCUT2D eigenvalue weighted by Crippen LogP contribution is -1.96. The highest BCUT2D eigenvalue weighted by Gasteiger charge is 1.93. The van der Waals surface area contributed by atoms with Crippen molar-refractivity contribution in [2.45, 2.75) is 13.8 Å². The van der Waals surface area contributed by atoms with Crippen molar-refractivity contribution in [3.05, 3.63) is 35.9 Å². The number of hydrogen-bond donors (Lipinski definition) is 1. The standard InChI is InChI=1S/C11H15N/c1-4-10-6-9(3)7-11(8-10)12-5-2/h4,6-8,12H,1,5H2,2-3H3. The summed E-state index contributed by atoms with van der Waals surface area (Å²) in [6.07, 6.45) is 1.87. The Morgan fingerprint density at radius 2 is 2.17 bits per heavy atom. The molecule has 0 atom stereocenters. The van der Waals surface area contributed by atoms with Gasteiger partial charge >= 0.3 is 0 Å². The predicted molar refractivity (Wildman–Crippen MR) is 55.4 cm³/mol. The Morgan fingerprint density at radius 1 is 1.42 bits per heavy atom. The van der Waals surface area contributed by atoms with Crippen LogP contribution in [0.2, 0.25) is 0 Å². The molecule has 0 saturated heterocycles. The zero-order valence-electron chi connectivity index (χ0n) is 7.72. The molecular weight excluding hydrogens is 146 g/mol. The maximum atomic E-state index is 3.75. The second-order valence-electron chi connectivity index (χ2n) is 2.87. The van der Waals surface area contributed by atoms with Crippen molar-refractivity contribution in [1.82, 2.24) is 0 Å². The van der Waals surface area contributed by atoms with Gasteiger partial charge in [0.25, 0.3) is 0 Å². The van der Waals surface area contributed by atoms with E-state index in [4.69, 9.17) is 0 Å². The molecular formula is C11H15N. The Hall–Kier alpha value is -1.24. The molecule has 0 aliphatic rings. The minimum Gasteiger partial charge on any atom is -0.385 e. The van der Waals surface area contributed by atoms with Crippen molar-refractivity contribution < 1.29 is 0 Å². The highest BCUT2D eigenvalue weighted by Crippen LogP contribution is 2.14. The number of anilines is 1. The Kier molecular flexibility index (Phi) is 2.92. The van der Waals surface area contributed by atoms with Crippen LogP contribution in [0.5, 0.6) is 0 Å². The molecule has 12 heavy (non-hydrogen) atoms. The van der Waals surface area contributed by atoms with Crippen LogP contribution in [-0.2, 0) is 0 Å². The van der Waals surface area contributed by atoms with Gasteiger partial charge in [-0.25, -0.2) is 0 Å². The molecule has 0 radical (unpaired) electrons. The van der Waals surface area contributed by atoms with Gasteiger partial charge in [0.15, 0.2) is 0 Å². The third-order valence-electron chi connectivity index (χ3n) is 1.72. The van der Waals surface area contributed by atoms with Gasteiger partial charge in [-0.15, -0.1) is 0 Å². The lowest BCUT2D eigenvalue weighted by atomic mass is 10.1. The van der Waals surface area contributed by atoms with Crippen LogP contribution in [0.1, 0.15) is 18.1 Å². The minimum atomic E-state index is 0.958. The first kappa shape index (κ1) is 8.85. The van der Waals surface area contributed by atoms with E-state index in [0.717, 1.165) is 6.54 Å². The van der Waals surface area contributed by atoms with Crippen molar-refractivity contribution in [3.63, 3.8) is 0 Å². The van der Waals surface area contributed by atoms with Crippen molar-refractivity contribution in [2.75, 3.05) is 11.9 Å². The molecule has 0 aromatic heterocycles. The summed E-state index contributed by atoms with van der Waals surface area (Å²) >= 11 is 0. The molecule has 1 heteroatoms. The Labute approximate surface area is 74.1 Å². The van der Waals surface area contributed by atoms with E-state index in [2.05, 4.69) is 43.9 Å². The third kappa shape index (κ3) is 2.12. The molecule has 0 bridgehead atoms. The van der Waals surface area contributed by atoms with Gasteiger partial charge in [-0.05, 0) is 37.1 Å². The fourth-order valence-electron chi connectivity index (χ4n) is 1.24. The highest BCUT2D eigenvalue weighted by atomic mass is 14.8. The minimum absolute atomic E-state index is 0.958. The number of benzene rings is 1. The van der Waals surface area contributed by atoms with Crippen LogP contribution >= 0.6 is 0 Å². The third-order valence-corrected chi connectivity index (χ3v) is 1.72. The summed E-state index contributed by atoms with van der Waals surface area (Å²) in [5.41, 5.74) is 3.61. The molecule has 0 aliphatic carbocycles. The fourth-order valence-corrected chi connectivity index (χ4v) is 1.24. The summed E-state index contributed by atoms with van der Waals surface area (Å²) in [5.74, 6) is 0. The van der Waals surface area contributed by atoms with Crippen LogP contribution in [0.3, 0.4) is 0 Å². The first-order chi connectivity index (χ1) is 5.76. The molecule has 0 saturated carbocycles. The molecule has 0 spiro atoms. The fraction of sp³-hybridized carbons (Fsp3) is 0.273. The van der Waals surface area contributed by atoms with E-state index in [0.29, 0.717) is 0 Å². The van der Waals surface area contributed by atoms with Crippen LogP contribution in [0.25, 0.3) is 6.08 Å². The van der Waals surface area contributed by atoms with E-state index in [-0.39, 0.29) is 0 Å². The molecule has 1 N–H and O–H groups in total. The molecule has 0 unspecified atom stereocenters. The second-order valence-corrected chi connectivity index (χ2v) is 2.87. The van der Waals surface area contributed by atoms with E-state index >= 15 is 0 Å². The first-order valence-electron chi connectivity index (χ1n) is 4.24. The Bertz CT molecular complexity index is 276. The van der Waals surface area contributed by atoms with Crippen molar-refractivity contribution in [1.29, 1.82) is 0 Å². The summed E-state index contributed by atoms with van der Waals surface area (Å²) in [5, 5.41) is 3.28. The van der Waals surface area contributed by atoms with Gasteiger partial charge in [-0.3, -0.25) is 0 Å². The van der Waals surface area contributed by atoms with Gasteiger partial charge in [0, 0.05) is 12.2 Å². The highest BCUT2D eigenvalue weighted by molar-refractivity contribution is 5.57. The number of nitrogens with one attached hydrogen (secondary N) is 1. The molecule has 1 aromatic carbocycles. The van der Waals surface area contributed by atoms with Gasteiger partial charge < -0.3 is 5.32 Å². The lowest BCUT2D eigenvalue weighted by Gasteiger charge is -2.05. The molecule has 0 amide bonds. The summed E-state index contributed by atoms with van der Waals surface area (Å²) in [7, 11) is 0. The lowest BCUT2D eigenvalue weighted by molar-refractivity contribution is 1.21. The van der Waals surface area contributed by atoms with E-state index < -0.39 is 0 Å². The van der Waals surface area contributed by atoms with Crippen molar-refractivity contribution >= 4 is 11.8 Å². The second kappa shape index (κ2) is 3.96. The maximum Gasteiger partial charge on any atom is 0.0348 e. The molecule has 1 nitrogen and oxygen atoms in total. The van der Waals surface area contributed by atoms with E-state index in [1.165, 1.54) is 16.8 Å². The smallest absolute Gasteiger partial charge is 0.0348 e. The molecule has 1 rings (SSSR count). The summed E-state index contributed by atoms with van der Waals surface area (Å²) in [6, 6.07) is 6.36. The maximum absolute atomic E-state index is 3.75. The number of hydrogen-bond acceptors (Lipinski definition) is 1. The quantitative estimate of drug-likeness (QED) is 0.718. The average molecular weight is 161 g/mol.